The van der Waals surface area contributed by atoms with E-state index in [1.54, 1.807) is 36.5 Å². The summed E-state index contributed by atoms with van der Waals surface area (Å²) in [6.45, 7) is 1.88. The minimum absolute atomic E-state index is 0.218. The summed E-state index contributed by atoms with van der Waals surface area (Å²) in [5, 5.41) is 0.561. The molecule has 17 heavy (non-hydrogen) atoms. The van der Waals surface area contributed by atoms with E-state index >= 15 is 0 Å². The summed E-state index contributed by atoms with van der Waals surface area (Å²) in [4.78, 5) is 16.1. The second-order valence-electron chi connectivity index (χ2n) is 3.73. The van der Waals surface area contributed by atoms with Gasteiger partial charge in [-0.15, -0.1) is 0 Å². The molecule has 86 valence electrons. The van der Waals surface area contributed by atoms with E-state index in [1.807, 2.05) is 6.92 Å². The van der Waals surface area contributed by atoms with Crippen LogP contribution in [0.25, 0.3) is 0 Å². The van der Waals surface area contributed by atoms with Crippen molar-refractivity contribution in [2.45, 2.75) is 6.92 Å². The van der Waals surface area contributed by atoms with Crippen molar-refractivity contribution in [2.75, 3.05) is 5.73 Å². The van der Waals surface area contributed by atoms with E-state index in [4.69, 9.17) is 17.3 Å². The molecule has 0 atom stereocenters. The number of ketones is 1. The third-order valence-electron chi connectivity index (χ3n) is 2.49. The first-order valence-corrected chi connectivity index (χ1v) is 5.48. The Morgan fingerprint density at radius 2 is 2.12 bits per heavy atom. The molecule has 0 unspecified atom stereocenters. The number of carbonyl (C=O) groups is 1. The quantitative estimate of drug-likeness (QED) is 0.829. The lowest BCUT2D eigenvalue weighted by Crippen LogP contribution is -2.07. The Bertz CT molecular complexity index is 581. The minimum Gasteiger partial charge on any atom is -0.397 e. The smallest absolute Gasteiger partial charge is 0.213 e. The molecule has 1 aromatic carbocycles. The summed E-state index contributed by atoms with van der Waals surface area (Å²) >= 11 is 5.98. The largest absolute Gasteiger partial charge is 0.397 e. The lowest BCUT2D eigenvalue weighted by Gasteiger charge is -2.05. The number of aryl methyl sites for hydroxylation is 1. The Kier molecular flexibility index (Phi) is 3.11. The van der Waals surface area contributed by atoms with E-state index in [1.165, 1.54) is 0 Å². The summed E-state index contributed by atoms with van der Waals surface area (Å²) in [5.74, 6) is -0.218. The molecule has 2 aromatic rings. The van der Waals surface area contributed by atoms with Crippen LogP contribution in [0.5, 0.6) is 0 Å². The van der Waals surface area contributed by atoms with Crippen LogP contribution in [0.2, 0.25) is 5.02 Å². The predicted molar refractivity (Wildman–Crippen MR) is 68.3 cm³/mol. The number of rotatable bonds is 2. The molecule has 0 saturated carbocycles. The topological polar surface area (TPSA) is 56.0 Å². The monoisotopic (exact) mass is 246 g/mol. The fraction of sp³-hybridized carbons (Fsp3) is 0.0769. The molecule has 2 N–H and O–H groups in total. The number of carbonyl (C=O) groups excluding carboxylic acids is 1. The van der Waals surface area contributed by atoms with Crippen molar-refractivity contribution in [3.63, 3.8) is 0 Å². The van der Waals surface area contributed by atoms with Gasteiger partial charge in [0.15, 0.2) is 0 Å². The Labute approximate surface area is 104 Å². The van der Waals surface area contributed by atoms with Crippen molar-refractivity contribution in [3.05, 3.63) is 58.4 Å². The predicted octanol–water partition coefficient (Wildman–Crippen LogP) is 2.86. The molecule has 0 aliphatic heterocycles. The van der Waals surface area contributed by atoms with Gasteiger partial charge in [-0.3, -0.25) is 9.78 Å². The molecule has 0 spiro atoms. The molecule has 1 aromatic heterocycles. The van der Waals surface area contributed by atoms with Crippen molar-refractivity contribution in [1.82, 2.24) is 4.98 Å². The second kappa shape index (κ2) is 4.55. The molecule has 3 nitrogen and oxygen atoms in total. The highest BCUT2D eigenvalue weighted by atomic mass is 35.5. The number of aromatic nitrogens is 1. The molecule has 4 heteroatoms. The van der Waals surface area contributed by atoms with Crippen molar-refractivity contribution in [3.8, 4) is 0 Å². The van der Waals surface area contributed by atoms with E-state index in [2.05, 4.69) is 4.98 Å². The van der Waals surface area contributed by atoms with Gasteiger partial charge in [-0.05, 0) is 30.7 Å². The van der Waals surface area contributed by atoms with Gasteiger partial charge in [0.25, 0.3) is 0 Å². The van der Waals surface area contributed by atoms with Crippen molar-refractivity contribution in [2.24, 2.45) is 0 Å². The van der Waals surface area contributed by atoms with Gasteiger partial charge >= 0.3 is 0 Å². The Hall–Kier alpha value is -1.87. The highest BCUT2D eigenvalue weighted by Gasteiger charge is 2.14. The molecule has 0 radical (unpaired) electrons. The first kappa shape index (κ1) is 11.6. The van der Waals surface area contributed by atoms with Crippen LogP contribution in [0, 0.1) is 6.92 Å². The molecule has 0 amide bonds. The van der Waals surface area contributed by atoms with Gasteiger partial charge in [0, 0.05) is 16.8 Å². The van der Waals surface area contributed by atoms with Gasteiger partial charge in [-0.25, -0.2) is 0 Å². The number of hydrogen-bond acceptors (Lipinski definition) is 3. The van der Waals surface area contributed by atoms with Crippen molar-refractivity contribution >= 4 is 23.1 Å². The number of pyridine rings is 1. The third-order valence-corrected chi connectivity index (χ3v) is 2.90. The Balaban J connectivity index is 2.44. The zero-order valence-electron chi connectivity index (χ0n) is 9.27. The number of halogens is 1. The molecule has 0 aliphatic rings. The summed E-state index contributed by atoms with van der Waals surface area (Å²) < 4.78 is 0. The van der Waals surface area contributed by atoms with Crippen LogP contribution in [-0.2, 0) is 0 Å². The summed E-state index contributed by atoms with van der Waals surface area (Å²) in [5.41, 5.74) is 7.76. The zero-order chi connectivity index (χ0) is 12.4. The van der Waals surface area contributed by atoms with Gasteiger partial charge in [-0.2, -0.15) is 0 Å². The fourth-order valence-corrected chi connectivity index (χ4v) is 1.66. The molecule has 0 fully saturated rings. The normalized spacial score (nSPS) is 10.2. The SMILES string of the molecule is Cc1ccc(C(=O)c2ncccc2N)cc1Cl. The van der Waals surface area contributed by atoms with Crippen LogP contribution in [-0.4, -0.2) is 10.8 Å². The van der Waals surface area contributed by atoms with Gasteiger partial charge < -0.3 is 5.73 Å². The third kappa shape index (κ3) is 2.29. The second-order valence-corrected chi connectivity index (χ2v) is 4.14. The number of hydrogen-bond donors (Lipinski definition) is 1. The molecule has 1 heterocycles. The summed E-state index contributed by atoms with van der Waals surface area (Å²) in [7, 11) is 0. The highest BCUT2D eigenvalue weighted by Crippen LogP contribution is 2.20. The lowest BCUT2D eigenvalue weighted by atomic mass is 10.1. The first-order chi connectivity index (χ1) is 8.09. The zero-order valence-corrected chi connectivity index (χ0v) is 10.0. The summed E-state index contributed by atoms with van der Waals surface area (Å²) in [6, 6.07) is 8.49. The number of benzene rings is 1. The Morgan fingerprint density at radius 1 is 1.35 bits per heavy atom. The molecule has 0 aliphatic carbocycles. The molecule has 0 bridgehead atoms. The minimum atomic E-state index is -0.218. The van der Waals surface area contributed by atoms with E-state index in [9.17, 15) is 4.79 Å². The maximum absolute atomic E-state index is 12.1. The lowest BCUT2D eigenvalue weighted by molar-refractivity contribution is 0.103. The van der Waals surface area contributed by atoms with Gasteiger partial charge in [-0.1, -0.05) is 23.7 Å². The van der Waals surface area contributed by atoms with Crippen LogP contribution in [0.3, 0.4) is 0 Å². The molecular weight excluding hydrogens is 236 g/mol. The van der Waals surface area contributed by atoms with Crippen LogP contribution < -0.4 is 5.73 Å². The number of nitrogen functional groups attached to an aromatic ring is 1. The average Bonchev–Trinajstić information content (AvgIpc) is 2.32. The molecule has 2 rings (SSSR count). The van der Waals surface area contributed by atoms with Crippen molar-refractivity contribution in [1.29, 1.82) is 0 Å². The van der Waals surface area contributed by atoms with Crippen LogP contribution in [0.15, 0.2) is 36.5 Å². The standard InChI is InChI=1S/C13H11ClN2O/c1-8-4-5-9(7-10(8)14)13(17)12-11(15)3-2-6-16-12/h2-7H,15H2,1H3. The van der Waals surface area contributed by atoms with Crippen LogP contribution in [0.1, 0.15) is 21.6 Å². The fourth-order valence-electron chi connectivity index (χ4n) is 1.48. The van der Waals surface area contributed by atoms with Gasteiger partial charge in [0.2, 0.25) is 5.78 Å². The first-order valence-electron chi connectivity index (χ1n) is 5.11. The van der Waals surface area contributed by atoms with Crippen LogP contribution >= 0.6 is 11.6 Å². The Morgan fingerprint density at radius 3 is 2.76 bits per heavy atom. The van der Waals surface area contributed by atoms with E-state index in [0.29, 0.717) is 16.3 Å². The van der Waals surface area contributed by atoms with Crippen molar-refractivity contribution < 1.29 is 4.79 Å². The van der Waals surface area contributed by atoms with E-state index < -0.39 is 0 Å². The number of nitrogens with two attached hydrogens (primary N) is 1. The van der Waals surface area contributed by atoms with Gasteiger partial charge in [0.1, 0.15) is 5.69 Å². The van der Waals surface area contributed by atoms with E-state index in [0.717, 1.165) is 5.56 Å². The summed E-state index contributed by atoms with van der Waals surface area (Å²) in [6.07, 6.45) is 1.54. The average molecular weight is 247 g/mol. The van der Waals surface area contributed by atoms with E-state index in [-0.39, 0.29) is 11.5 Å². The van der Waals surface area contributed by atoms with Gasteiger partial charge in [0.05, 0.1) is 5.69 Å². The number of anilines is 1. The molecule has 0 saturated heterocycles. The highest BCUT2D eigenvalue weighted by molar-refractivity contribution is 6.32. The maximum Gasteiger partial charge on any atom is 0.213 e. The number of nitrogens with zero attached hydrogens (tertiary/aromatic N) is 1. The van der Waals surface area contributed by atoms with Crippen LogP contribution in [0.4, 0.5) is 5.69 Å². The maximum atomic E-state index is 12.1. The molecular formula is C13H11ClN2O.